The molecule has 7 heteroatoms. The predicted molar refractivity (Wildman–Crippen MR) is 83.2 cm³/mol. The molecule has 2 rings (SSSR count). The van der Waals surface area contributed by atoms with Crippen molar-refractivity contribution in [2.24, 2.45) is 0 Å². The molecule has 0 saturated heterocycles. The molecule has 2 N–H and O–H groups in total. The molecule has 0 fully saturated rings. The Morgan fingerprint density at radius 3 is 2.78 bits per heavy atom. The second-order valence-corrected chi connectivity index (χ2v) is 4.97. The number of carbonyl (C=O) groups is 2. The van der Waals surface area contributed by atoms with Crippen molar-refractivity contribution in [3.63, 3.8) is 0 Å². The van der Waals surface area contributed by atoms with Crippen LogP contribution in [0.4, 0.5) is 0 Å². The number of aromatic nitrogens is 1. The standard InChI is InChI=1S/C16H19N3O4/c1-11-14(12(2)23-19-11)10-18-16(21)7-8-17-15(20)6-5-13-4-3-9-22-13/h3-6,9H,7-8,10H2,1-2H3,(H,17,20)(H,18,21). The van der Waals surface area contributed by atoms with Crippen molar-refractivity contribution in [2.45, 2.75) is 26.8 Å². The number of amides is 2. The fourth-order valence-corrected chi connectivity index (χ4v) is 1.93. The number of nitrogens with zero attached hydrogens (tertiary/aromatic N) is 1. The minimum absolute atomic E-state index is 0.152. The molecule has 0 spiro atoms. The maximum Gasteiger partial charge on any atom is 0.244 e. The summed E-state index contributed by atoms with van der Waals surface area (Å²) in [6, 6.07) is 3.48. The third-order valence-electron chi connectivity index (χ3n) is 3.24. The number of carbonyl (C=O) groups excluding carboxylic acids is 2. The van der Waals surface area contributed by atoms with Crippen LogP contribution in [0.5, 0.6) is 0 Å². The van der Waals surface area contributed by atoms with Crippen molar-refractivity contribution in [2.75, 3.05) is 6.54 Å². The van der Waals surface area contributed by atoms with Gasteiger partial charge in [0.15, 0.2) is 0 Å². The highest BCUT2D eigenvalue weighted by Crippen LogP contribution is 2.11. The van der Waals surface area contributed by atoms with Gasteiger partial charge in [0.2, 0.25) is 11.8 Å². The molecule has 0 radical (unpaired) electrons. The number of nitrogens with one attached hydrogen (secondary N) is 2. The maximum atomic E-state index is 11.7. The molecule has 7 nitrogen and oxygen atoms in total. The van der Waals surface area contributed by atoms with Gasteiger partial charge in [-0.25, -0.2) is 0 Å². The summed E-state index contributed by atoms with van der Waals surface area (Å²) in [6.07, 6.45) is 4.65. The first-order chi connectivity index (χ1) is 11.1. The van der Waals surface area contributed by atoms with Crippen LogP contribution in [0.15, 0.2) is 33.4 Å². The van der Waals surface area contributed by atoms with E-state index in [-0.39, 0.29) is 24.8 Å². The van der Waals surface area contributed by atoms with Gasteiger partial charge < -0.3 is 19.6 Å². The highest BCUT2D eigenvalue weighted by atomic mass is 16.5. The highest BCUT2D eigenvalue weighted by Gasteiger charge is 2.10. The molecule has 0 aliphatic carbocycles. The van der Waals surface area contributed by atoms with Gasteiger partial charge in [0.1, 0.15) is 11.5 Å². The highest BCUT2D eigenvalue weighted by molar-refractivity contribution is 5.91. The largest absolute Gasteiger partial charge is 0.465 e. The van der Waals surface area contributed by atoms with Crippen molar-refractivity contribution in [1.82, 2.24) is 15.8 Å². The van der Waals surface area contributed by atoms with Crippen LogP contribution in [0.25, 0.3) is 6.08 Å². The predicted octanol–water partition coefficient (Wildman–Crippen LogP) is 1.72. The van der Waals surface area contributed by atoms with E-state index in [2.05, 4.69) is 15.8 Å². The summed E-state index contributed by atoms with van der Waals surface area (Å²) in [5.41, 5.74) is 1.64. The van der Waals surface area contributed by atoms with E-state index < -0.39 is 0 Å². The summed E-state index contributed by atoms with van der Waals surface area (Å²) >= 11 is 0. The van der Waals surface area contributed by atoms with Crippen molar-refractivity contribution < 1.29 is 18.5 Å². The molecule has 2 aromatic heterocycles. The minimum atomic E-state index is -0.278. The molecule has 0 aliphatic rings. The van der Waals surface area contributed by atoms with Crippen molar-refractivity contribution in [3.05, 3.63) is 47.2 Å². The lowest BCUT2D eigenvalue weighted by Crippen LogP contribution is -2.29. The maximum absolute atomic E-state index is 11.7. The zero-order valence-corrected chi connectivity index (χ0v) is 13.1. The quantitative estimate of drug-likeness (QED) is 0.758. The Morgan fingerprint density at radius 2 is 2.13 bits per heavy atom. The van der Waals surface area contributed by atoms with E-state index in [4.69, 9.17) is 8.94 Å². The summed E-state index contributed by atoms with van der Waals surface area (Å²) in [5.74, 6) is 0.858. The average Bonchev–Trinajstić information content (AvgIpc) is 3.14. The van der Waals surface area contributed by atoms with Gasteiger partial charge in [-0.2, -0.15) is 0 Å². The number of rotatable bonds is 7. The Morgan fingerprint density at radius 1 is 1.30 bits per heavy atom. The number of aryl methyl sites for hydroxylation is 2. The van der Waals surface area contributed by atoms with Crippen LogP contribution in [0.1, 0.15) is 29.2 Å². The van der Waals surface area contributed by atoms with E-state index in [0.717, 1.165) is 11.3 Å². The topological polar surface area (TPSA) is 97.4 Å². The Balaban J connectivity index is 1.65. The molecule has 0 aliphatic heterocycles. The van der Waals surface area contributed by atoms with Gasteiger partial charge in [-0.1, -0.05) is 5.16 Å². The van der Waals surface area contributed by atoms with E-state index in [1.54, 1.807) is 25.1 Å². The summed E-state index contributed by atoms with van der Waals surface area (Å²) < 4.78 is 10.1. The van der Waals surface area contributed by atoms with E-state index in [1.165, 1.54) is 12.3 Å². The molecule has 0 unspecified atom stereocenters. The third kappa shape index (κ3) is 5.14. The molecule has 0 atom stereocenters. The monoisotopic (exact) mass is 317 g/mol. The van der Waals surface area contributed by atoms with Gasteiger partial charge in [-0.3, -0.25) is 9.59 Å². The van der Waals surface area contributed by atoms with Crippen molar-refractivity contribution >= 4 is 17.9 Å². The summed E-state index contributed by atoms with van der Waals surface area (Å²) in [7, 11) is 0. The van der Waals surface area contributed by atoms with Crippen LogP contribution < -0.4 is 10.6 Å². The first-order valence-electron chi connectivity index (χ1n) is 7.24. The fourth-order valence-electron chi connectivity index (χ4n) is 1.93. The Kier molecular flexibility index (Phi) is 5.74. The van der Waals surface area contributed by atoms with Gasteiger partial charge in [0, 0.05) is 31.1 Å². The fraction of sp³-hybridized carbons (Fsp3) is 0.312. The van der Waals surface area contributed by atoms with Crippen molar-refractivity contribution in [1.29, 1.82) is 0 Å². The molecule has 2 amide bonds. The van der Waals surface area contributed by atoms with E-state index >= 15 is 0 Å². The van der Waals surface area contributed by atoms with E-state index in [9.17, 15) is 9.59 Å². The zero-order chi connectivity index (χ0) is 16.7. The lowest BCUT2D eigenvalue weighted by molar-refractivity contribution is -0.121. The SMILES string of the molecule is Cc1noc(C)c1CNC(=O)CCNC(=O)C=Cc1ccco1. The van der Waals surface area contributed by atoms with Gasteiger partial charge in [0.05, 0.1) is 12.0 Å². The Hall–Kier alpha value is -2.83. The van der Waals surface area contributed by atoms with Crippen LogP contribution in [0.2, 0.25) is 0 Å². The lowest BCUT2D eigenvalue weighted by Gasteiger charge is -2.05. The minimum Gasteiger partial charge on any atom is -0.465 e. The second kappa shape index (κ2) is 7.98. The molecule has 0 bridgehead atoms. The normalized spacial score (nSPS) is 10.9. The number of hydrogen-bond donors (Lipinski definition) is 2. The second-order valence-electron chi connectivity index (χ2n) is 4.97. The van der Waals surface area contributed by atoms with Crippen LogP contribution in [0.3, 0.4) is 0 Å². The van der Waals surface area contributed by atoms with Gasteiger partial charge in [-0.15, -0.1) is 0 Å². The first kappa shape index (κ1) is 16.5. The molecule has 2 heterocycles. The van der Waals surface area contributed by atoms with Crippen LogP contribution in [-0.4, -0.2) is 23.5 Å². The summed E-state index contributed by atoms with van der Waals surface area (Å²) in [6.45, 7) is 4.25. The van der Waals surface area contributed by atoms with Gasteiger partial charge >= 0.3 is 0 Å². The molecular weight excluding hydrogens is 298 g/mol. The molecule has 2 aromatic rings. The smallest absolute Gasteiger partial charge is 0.244 e. The Bertz CT molecular complexity index is 667. The Labute approximate surface area is 133 Å². The molecule has 23 heavy (non-hydrogen) atoms. The van der Waals surface area contributed by atoms with Gasteiger partial charge in [-0.05, 0) is 32.1 Å². The van der Waals surface area contributed by atoms with Gasteiger partial charge in [0.25, 0.3) is 0 Å². The third-order valence-corrected chi connectivity index (χ3v) is 3.24. The van der Waals surface area contributed by atoms with Crippen molar-refractivity contribution in [3.8, 4) is 0 Å². The van der Waals surface area contributed by atoms with Crippen LogP contribution >= 0.6 is 0 Å². The van der Waals surface area contributed by atoms with Crippen LogP contribution in [0, 0.1) is 13.8 Å². The summed E-state index contributed by atoms with van der Waals surface area (Å²) in [4.78, 5) is 23.3. The average molecular weight is 317 g/mol. The molecule has 0 saturated carbocycles. The summed E-state index contributed by atoms with van der Waals surface area (Å²) in [5, 5.41) is 9.23. The van der Waals surface area contributed by atoms with E-state index in [0.29, 0.717) is 18.1 Å². The molecule has 0 aromatic carbocycles. The molecule has 122 valence electrons. The number of hydrogen-bond acceptors (Lipinski definition) is 5. The van der Waals surface area contributed by atoms with Crippen LogP contribution in [-0.2, 0) is 16.1 Å². The number of furan rings is 1. The van der Waals surface area contributed by atoms with E-state index in [1.807, 2.05) is 6.92 Å². The molecular formula is C16H19N3O4. The lowest BCUT2D eigenvalue weighted by atomic mass is 10.2. The first-order valence-corrected chi connectivity index (χ1v) is 7.24. The zero-order valence-electron chi connectivity index (χ0n) is 13.1.